The first-order valence-electron chi connectivity index (χ1n) is 17.7. The molecule has 2 aliphatic heterocycles. The fourth-order valence-electron chi connectivity index (χ4n) is 6.97. The smallest absolute Gasteiger partial charge is 0.326 e. The third-order valence-corrected chi connectivity index (χ3v) is 9.75. The number of fused-ring (bicyclic) bond motifs is 2. The molecule has 278 valence electrons. The largest absolute Gasteiger partial charge is 0.480 e. The van der Waals surface area contributed by atoms with E-state index in [1.54, 1.807) is 13.1 Å². The number of aromatic nitrogens is 2. The number of oxazole rings is 1. The predicted octanol–water partition coefficient (Wildman–Crippen LogP) is 2.22. The van der Waals surface area contributed by atoms with Gasteiger partial charge in [-0.3, -0.25) is 24.0 Å². The minimum Gasteiger partial charge on any atom is -0.480 e. The summed E-state index contributed by atoms with van der Waals surface area (Å²) >= 11 is 0. The van der Waals surface area contributed by atoms with E-state index in [-0.39, 0.29) is 44.6 Å². The first-order chi connectivity index (χ1) is 25.5. The zero-order chi connectivity index (χ0) is 37.6. The minimum absolute atomic E-state index is 0.00676. The second kappa shape index (κ2) is 16.1. The average molecular weight is 726 g/mol. The molecule has 2 aromatic heterocycles. The summed E-state index contributed by atoms with van der Waals surface area (Å²) in [4.78, 5) is 85.7. The topological polar surface area (TPSA) is 205 Å². The summed E-state index contributed by atoms with van der Waals surface area (Å²) in [6, 6.07) is 12.4. The van der Waals surface area contributed by atoms with E-state index in [2.05, 4.69) is 26.3 Å². The molecule has 6 rings (SSSR count). The van der Waals surface area contributed by atoms with Crippen molar-refractivity contribution < 1.29 is 38.3 Å². The molecule has 2 aromatic carbocycles. The Hall–Kier alpha value is -5.99. The molecule has 5 amide bonds. The van der Waals surface area contributed by atoms with Crippen LogP contribution in [0.4, 0.5) is 0 Å². The van der Waals surface area contributed by atoms with Gasteiger partial charge in [-0.05, 0) is 57.2 Å². The van der Waals surface area contributed by atoms with Gasteiger partial charge >= 0.3 is 5.97 Å². The van der Waals surface area contributed by atoms with Crippen LogP contribution < -0.4 is 21.3 Å². The van der Waals surface area contributed by atoms with Crippen molar-refractivity contribution in [2.75, 3.05) is 13.1 Å². The lowest BCUT2D eigenvalue weighted by atomic mass is 10.1. The predicted molar refractivity (Wildman–Crippen MR) is 192 cm³/mol. The van der Waals surface area contributed by atoms with E-state index in [0.717, 1.165) is 11.1 Å². The van der Waals surface area contributed by atoms with Crippen LogP contribution in [0.25, 0.3) is 22.4 Å². The molecule has 2 aliphatic rings. The van der Waals surface area contributed by atoms with Crippen molar-refractivity contribution in [3.05, 3.63) is 77.8 Å². The quantitative estimate of drug-likeness (QED) is 0.189. The van der Waals surface area contributed by atoms with Gasteiger partial charge in [0, 0.05) is 55.3 Å². The number of aliphatic carboxylic acids is 1. The summed E-state index contributed by atoms with van der Waals surface area (Å²) in [6.45, 7) is 1.94. The fraction of sp³-hybridized carbons (Fsp3) is 0.395. The highest BCUT2D eigenvalue weighted by Gasteiger charge is 2.43. The van der Waals surface area contributed by atoms with Crippen LogP contribution >= 0.6 is 0 Å². The molecule has 15 nitrogen and oxygen atoms in total. The number of rotatable bonds is 7. The average Bonchev–Trinajstić information content (AvgIpc) is 3.83. The van der Waals surface area contributed by atoms with Crippen LogP contribution in [-0.4, -0.2) is 92.3 Å². The van der Waals surface area contributed by atoms with Crippen LogP contribution in [-0.2, 0) is 37.4 Å². The number of benzene rings is 2. The molecule has 53 heavy (non-hydrogen) atoms. The number of carbonyl (C=O) groups is 6. The Morgan fingerprint density at radius 1 is 1.00 bits per heavy atom. The molecule has 5 N–H and O–H groups in total. The van der Waals surface area contributed by atoms with Crippen LogP contribution in [0, 0.1) is 6.92 Å². The number of carboxylic acids is 1. The number of carboxylic acid groups (broad SMARTS) is 1. The SMILES string of the molecule is Cc1oc(-c2ccccc2)nc1CC(=O)N[C@@H]1C[C@H]2C(=O)N[C@H](C(=O)O)CCC(=O)NCCCC[C@H](NC(=O)c3cn(C)c4ccccc34)C(=O)N2C1. The lowest BCUT2D eigenvalue weighted by Gasteiger charge is -2.29. The van der Waals surface area contributed by atoms with Crippen molar-refractivity contribution in [3.63, 3.8) is 0 Å². The molecular weight excluding hydrogens is 682 g/mol. The molecular formula is C38H43N7O8. The Morgan fingerprint density at radius 2 is 1.75 bits per heavy atom. The summed E-state index contributed by atoms with van der Waals surface area (Å²) in [5.74, 6) is -2.99. The Balaban J connectivity index is 1.24. The molecule has 4 heterocycles. The highest BCUT2D eigenvalue weighted by Crippen LogP contribution is 2.25. The third-order valence-electron chi connectivity index (χ3n) is 9.75. The summed E-state index contributed by atoms with van der Waals surface area (Å²) in [7, 11) is 1.82. The van der Waals surface area contributed by atoms with Crippen molar-refractivity contribution in [2.45, 2.75) is 76.0 Å². The molecule has 0 saturated carbocycles. The maximum absolute atomic E-state index is 14.4. The monoisotopic (exact) mass is 725 g/mol. The third kappa shape index (κ3) is 8.56. The van der Waals surface area contributed by atoms with Gasteiger partial charge in [-0.25, -0.2) is 9.78 Å². The maximum atomic E-state index is 14.4. The van der Waals surface area contributed by atoms with Crippen molar-refractivity contribution in [2.24, 2.45) is 7.05 Å². The van der Waals surface area contributed by atoms with Crippen LogP contribution in [0.2, 0.25) is 0 Å². The van der Waals surface area contributed by atoms with Crippen LogP contribution in [0.5, 0.6) is 0 Å². The van der Waals surface area contributed by atoms with Crippen molar-refractivity contribution >= 4 is 46.4 Å². The van der Waals surface area contributed by atoms with Crippen molar-refractivity contribution in [1.29, 1.82) is 0 Å². The van der Waals surface area contributed by atoms with E-state index in [4.69, 9.17) is 4.42 Å². The first kappa shape index (κ1) is 36.8. The molecule has 2 saturated heterocycles. The van der Waals surface area contributed by atoms with E-state index < -0.39 is 53.8 Å². The Morgan fingerprint density at radius 3 is 2.53 bits per heavy atom. The Labute approximate surface area is 305 Å². The molecule has 0 aliphatic carbocycles. The van der Waals surface area contributed by atoms with Gasteiger partial charge in [0.25, 0.3) is 5.91 Å². The first-order valence-corrected chi connectivity index (χ1v) is 17.7. The summed E-state index contributed by atoms with van der Waals surface area (Å²) in [6.07, 6.45) is 2.45. The second-order valence-corrected chi connectivity index (χ2v) is 13.6. The van der Waals surface area contributed by atoms with Gasteiger partial charge in [-0.15, -0.1) is 0 Å². The number of hydrogen-bond acceptors (Lipinski definition) is 8. The number of nitrogens with one attached hydrogen (secondary N) is 4. The van der Waals surface area contributed by atoms with Gasteiger partial charge in [0.2, 0.25) is 29.5 Å². The van der Waals surface area contributed by atoms with Crippen molar-refractivity contribution in [1.82, 2.24) is 35.7 Å². The molecule has 2 fully saturated rings. The zero-order valence-electron chi connectivity index (χ0n) is 29.6. The van der Waals surface area contributed by atoms with Gasteiger partial charge in [-0.1, -0.05) is 36.4 Å². The normalized spacial score (nSPS) is 21.5. The van der Waals surface area contributed by atoms with E-state index in [1.807, 2.05) is 66.2 Å². The number of amides is 5. The Bertz CT molecular complexity index is 2020. The number of para-hydroxylation sites is 1. The lowest BCUT2D eigenvalue weighted by Crippen LogP contribution is -2.55. The van der Waals surface area contributed by atoms with E-state index in [9.17, 15) is 33.9 Å². The second-order valence-electron chi connectivity index (χ2n) is 13.6. The van der Waals surface area contributed by atoms with E-state index >= 15 is 0 Å². The molecule has 0 unspecified atom stereocenters. The van der Waals surface area contributed by atoms with Gasteiger partial charge < -0.3 is 40.3 Å². The summed E-state index contributed by atoms with van der Waals surface area (Å²) in [5.41, 5.74) is 2.41. The molecule has 15 heteroatoms. The van der Waals surface area contributed by atoms with Crippen LogP contribution in [0.15, 0.2) is 65.2 Å². The maximum Gasteiger partial charge on any atom is 0.326 e. The molecule has 4 aromatic rings. The fourth-order valence-corrected chi connectivity index (χ4v) is 6.97. The number of carbonyl (C=O) groups excluding carboxylic acids is 5. The van der Waals surface area contributed by atoms with Crippen molar-refractivity contribution in [3.8, 4) is 11.5 Å². The highest BCUT2D eigenvalue weighted by atomic mass is 16.4. The summed E-state index contributed by atoms with van der Waals surface area (Å²) in [5, 5.41) is 21.6. The van der Waals surface area contributed by atoms with E-state index in [0.29, 0.717) is 47.7 Å². The molecule has 4 atom stereocenters. The Kier molecular flexibility index (Phi) is 11.2. The standard InChI is InChI=1S/C38H43N7O8/c1-22-29(43-36(53-22)23-10-4-3-5-11-23)19-33(47)40-24-18-31-35(49)42-28(38(51)52)15-16-32(46)39-17-9-8-13-27(37(50)45(31)20-24)41-34(48)26-21-44(2)30-14-7-6-12-25(26)30/h3-7,10-12,14,21,24,27-28,31H,8-9,13,15-20H2,1-2H3,(H,39,46)(H,40,47)(H,41,48)(H,42,49)(H,51,52)/t24-,27+,28+,31+/m1/s1. The molecule has 0 radical (unpaired) electrons. The highest BCUT2D eigenvalue weighted by molar-refractivity contribution is 6.08. The van der Waals surface area contributed by atoms with Crippen LogP contribution in [0.3, 0.4) is 0 Å². The summed E-state index contributed by atoms with van der Waals surface area (Å²) < 4.78 is 7.63. The number of hydrogen-bond donors (Lipinski definition) is 5. The zero-order valence-corrected chi connectivity index (χ0v) is 29.6. The van der Waals surface area contributed by atoms with E-state index in [1.165, 1.54) is 4.90 Å². The van der Waals surface area contributed by atoms with Gasteiger partial charge in [0.05, 0.1) is 17.7 Å². The van der Waals surface area contributed by atoms with Crippen LogP contribution in [0.1, 0.15) is 60.3 Å². The number of nitrogens with zero attached hydrogens (tertiary/aromatic N) is 3. The number of aryl methyl sites for hydroxylation is 2. The van der Waals surface area contributed by atoms with Gasteiger partial charge in [0.1, 0.15) is 23.9 Å². The minimum atomic E-state index is -1.39. The lowest BCUT2D eigenvalue weighted by molar-refractivity contribution is -0.144. The van der Waals surface area contributed by atoms with Gasteiger partial charge in [-0.2, -0.15) is 0 Å². The van der Waals surface area contributed by atoms with Gasteiger partial charge in [0.15, 0.2) is 0 Å². The molecule has 0 spiro atoms. The molecule has 0 bridgehead atoms.